The Morgan fingerprint density at radius 2 is 1.26 bits per heavy atom. The second-order valence-electron chi connectivity index (χ2n) is 9.40. The zero-order chi connectivity index (χ0) is 29.7. The molecule has 210 valence electrons. The first-order chi connectivity index (χ1) is 20.2. The Morgan fingerprint density at radius 3 is 1.93 bits per heavy atom. The van der Waals surface area contributed by atoms with Crippen molar-refractivity contribution < 1.29 is 38.7 Å². The summed E-state index contributed by atoms with van der Waals surface area (Å²) in [5, 5.41) is 42.4. The van der Waals surface area contributed by atoms with Crippen molar-refractivity contribution in [2.45, 2.75) is 0 Å². The molecule has 10 heteroatoms. The number of rotatable bonds is 5. The summed E-state index contributed by atoms with van der Waals surface area (Å²) in [4.78, 5) is 27.3. The fraction of sp³-hybridized carbons (Fsp3) is 0.0625. The average Bonchev–Trinajstić information content (AvgIpc) is 2.97. The lowest BCUT2D eigenvalue weighted by Crippen LogP contribution is -2.09. The van der Waals surface area contributed by atoms with Gasteiger partial charge in [0, 0.05) is 35.4 Å². The molecular formula is C32H22O10. The van der Waals surface area contributed by atoms with Gasteiger partial charge < -0.3 is 38.7 Å². The lowest BCUT2D eigenvalue weighted by Gasteiger charge is -2.15. The number of phenols is 4. The van der Waals surface area contributed by atoms with Crippen LogP contribution in [0.3, 0.4) is 0 Å². The summed E-state index contributed by atoms with van der Waals surface area (Å²) < 4.78 is 22.4. The van der Waals surface area contributed by atoms with E-state index < -0.39 is 28.1 Å². The fourth-order valence-electron chi connectivity index (χ4n) is 4.87. The molecule has 0 saturated carbocycles. The minimum Gasteiger partial charge on any atom is -0.508 e. The summed E-state index contributed by atoms with van der Waals surface area (Å²) in [6.45, 7) is 0. The molecule has 0 aliphatic heterocycles. The Hall–Kier alpha value is -5.90. The summed E-state index contributed by atoms with van der Waals surface area (Å²) in [6, 6.07) is 17.3. The minimum absolute atomic E-state index is 0.00996. The summed E-state index contributed by atoms with van der Waals surface area (Å²) in [6.07, 6.45) is 0. The molecule has 0 saturated heterocycles. The van der Waals surface area contributed by atoms with Crippen LogP contribution in [0.15, 0.2) is 91.2 Å². The Bertz CT molecular complexity index is 2120. The predicted octanol–water partition coefficient (Wildman–Crippen LogP) is 5.74. The quantitative estimate of drug-likeness (QED) is 0.203. The molecule has 42 heavy (non-hydrogen) atoms. The van der Waals surface area contributed by atoms with E-state index in [0.29, 0.717) is 16.9 Å². The van der Waals surface area contributed by atoms with Crippen LogP contribution in [0.2, 0.25) is 0 Å². The lowest BCUT2D eigenvalue weighted by molar-refractivity contribution is 0.408. The Balaban J connectivity index is 1.68. The number of hydrogen-bond acceptors (Lipinski definition) is 10. The highest BCUT2D eigenvalue weighted by Gasteiger charge is 2.28. The number of benzene rings is 4. The van der Waals surface area contributed by atoms with Gasteiger partial charge in [0.05, 0.1) is 25.3 Å². The second kappa shape index (κ2) is 9.93. The summed E-state index contributed by atoms with van der Waals surface area (Å²) in [5.41, 5.74) is -1.43. The van der Waals surface area contributed by atoms with Crippen LogP contribution in [0.4, 0.5) is 0 Å². The van der Waals surface area contributed by atoms with Crippen LogP contribution in [0, 0.1) is 0 Å². The molecule has 10 nitrogen and oxygen atoms in total. The molecule has 6 aromatic rings. The van der Waals surface area contributed by atoms with Gasteiger partial charge in [-0.1, -0.05) is 0 Å². The summed E-state index contributed by atoms with van der Waals surface area (Å²) >= 11 is 0. The first-order valence-corrected chi connectivity index (χ1v) is 12.5. The number of methoxy groups -OCH3 is 2. The fourth-order valence-corrected chi connectivity index (χ4v) is 4.87. The van der Waals surface area contributed by atoms with Gasteiger partial charge in [0.25, 0.3) is 0 Å². The topological polar surface area (TPSA) is 160 Å². The molecule has 6 rings (SSSR count). The van der Waals surface area contributed by atoms with Crippen LogP contribution in [-0.2, 0) is 0 Å². The van der Waals surface area contributed by atoms with Crippen molar-refractivity contribution in [3.63, 3.8) is 0 Å². The lowest BCUT2D eigenvalue weighted by atomic mass is 9.95. The maximum Gasteiger partial charge on any atom is 0.205 e. The zero-order valence-electron chi connectivity index (χ0n) is 22.2. The number of hydrogen-bond donors (Lipinski definition) is 4. The molecule has 0 unspecified atom stereocenters. The minimum atomic E-state index is -0.780. The molecule has 0 spiro atoms. The highest BCUT2D eigenvalue weighted by Crippen LogP contribution is 2.46. The van der Waals surface area contributed by atoms with E-state index >= 15 is 0 Å². The second-order valence-corrected chi connectivity index (χ2v) is 9.40. The van der Waals surface area contributed by atoms with E-state index in [2.05, 4.69) is 0 Å². The molecule has 2 heterocycles. The predicted molar refractivity (Wildman–Crippen MR) is 155 cm³/mol. The summed E-state index contributed by atoms with van der Waals surface area (Å²) in [7, 11) is 2.89. The largest absolute Gasteiger partial charge is 0.508 e. The first-order valence-electron chi connectivity index (χ1n) is 12.5. The maximum atomic E-state index is 14.0. The van der Waals surface area contributed by atoms with Crippen LogP contribution >= 0.6 is 0 Å². The van der Waals surface area contributed by atoms with Crippen molar-refractivity contribution in [3.8, 4) is 68.3 Å². The van der Waals surface area contributed by atoms with Gasteiger partial charge in [-0.25, -0.2) is 0 Å². The molecule has 4 N–H and O–H groups in total. The number of fused-ring (bicyclic) bond motifs is 2. The van der Waals surface area contributed by atoms with Gasteiger partial charge in [0.15, 0.2) is 5.43 Å². The monoisotopic (exact) mass is 566 g/mol. The number of aromatic hydroxyl groups is 4. The smallest absolute Gasteiger partial charge is 0.205 e. The van der Waals surface area contributed by atoms with E-state index in [1.165, 1.54) is 50.6 Å². The Labute approximate surface area is 236 Å². The highest BCUT2D eigenvalue weighted by atomic mass is 16.5. The van der Waals surface area contributed by atoms with Gasteiger partial charge >= 0.3 is 0 Å². The van der Waals surface area contributed by atoms with Crippen molar-refractivity contribution >= 4 is 21.9 Å². The first kappa shape index (κ1) is 26.3. The van der Waals surface area contributed by atoms with E-state index in [4.69, 9.17) is 18.3 Å². The third kappa shape index (κ3) is 4.22. The summed E-state index contributed by atoms with van der Waals surface area (Å²) in [5.74, 6) is -0.895. The SMILES string of the molecule is COc1ccc(-c2oc3cc(OC)cc(O)c3c(=O)c2-c2c(O)cc3oc(-c4ccc(O)cc4)cc(=O)c3c2O)cc1. The number of ether oxygens (including phenoxy) is 2. The van der Waals surface area contributed by atoms with Crippen LogP contribution in [-0.4, -0.2) is 34.6 Å². The van der Waals surface area contributed by atoms with Crippen LogP contribution in [0.25, 0.3) is 55.7 Å². The molecule has 0 amide bonds. The molecule has 2 aromatic heterocycles. The Morgan fingerprint density at radius 1 is 0.619 bits per heavy atom. The van der Waals surface area contributed by atoms with Crippen LogP contribution in [0.1, 0.15) is 0 Å². The molecule has 0 aliphatic rings. The molecule has 4 aromatic carbocycles. The highest BCUT2D eigenvalue weighted by molar-refractivity contribution is 6.01. The van der Waals surface area contributed by atoms with E-state index in [1.54, 1.807) is 24.3 Å². The van der Waals surface area contributed by atoms with Gasteiger partial charge in [-0.2, -0.15) is 0 Å². The maximum absolute atomic E-state index is 14.0. The molecular weight excluding hydrogens is 544 g/mol. The zero-order valence-corrected chi connectivity index (χ0v) is 22.2. The van der Waals surface area contributed by atoms with Crippen molar-refractivity contribution in [1.82, 2.24) is 0 Å². The van der Waals surface area contributed by atoms with Gasteiger partial charge in [0.1, 0.15) is 68.0 Å². The molecule has 0 radical (unpaired) electrons. The van der Waals surface area contributed by atoms with Crippen molar-refractivity contribution in [3.05, 3.63) is 93.2 Å². The van der Waals surface area contributed by atoms with Crippen molar-refractivity contribution in [2.24, 2.45) is 0 Å². The normalized spacial score (nSPS) is 11.2. The third-order valence-electron chi connectivity index (χ3n) is 6.91. The molecule has 0 bridgehead atoms. The molecule has 0 aliphatic carbocycles. The van der Waals surface area contributed by atoms with Crippen LogP contribution in [0.5, 0.6) is 34.5 Å². The van der Waals surface area contributed by atoms with E-state index in [-0.39, 0.29) is 56.1 Å². The average molecular weight is 567 g/mol. The van der Waals surface area contributed by atoms with Gasteiger partial charge in [-0.15, -0.1) is 0 Å². The molecule has 0 fully saturated rings. The van der Waals surface area contributed by atoms with E-state index in [0.717, 1.165) is 12.1 Å². The van der Waals surface area contributed by atoms with Gasteiger partial charge in [-0.05, 0) is 48.5 Å². The van der Waals surface area contributed by atoms with Crippen LogP contribution < -0.4 is 20.3 Å². The van der Waals surface area contributed by atoms with Crippen molar-refractivity contribution in [2.75, 3.05) is 14.2 Å². The standard InChI is InChI=1S/C32H22O10/c1-39-18-9-5-16(6-10-18)32-29(31(38)26-20(34)11-19(40-2)12-24(26)42-32)28-22(36)14-25-27(30(28)37)21(35)13-23(41-25)15-3-7-17(33)8-4-15/h3-14,33-34,36-37H,1-2H3. The number of phenolic OH excluding ortho intramolecular Hbond substituents is 4. The van der Waals surface area contributed by atoms with Crippen molar-refractivity contribution in [1.29, 1.82) is 0 Å². The third-order valence-corrected chi connectivity index (χ3v) is 6.91. The molecule has 0 atom stereocenters. The van der Waals surface area contributed by atoms with E-state index in [9.17, 15) is 30.0 Å². The van der Waals surface area contributed by atoms with Gasteiger partial charge in [-0.3, -0.25) is 9.59 Å². The van der Waals surface area contributed by atoms with Gasteiger partial charge in [0.2, 0.25) is 5.43 Å². The van der Waals surface area contributed by atoms with E-state index in [1.807, 2.05) is 0 Å². The Kier molecular flexibility index (Phi) is 6.23.